The van der Waals surface area contributed by atoms with Crippen molar-refractivity contribution >= 4 is 149 Å². The van der Waals surface area contributed by atoms with Crippen LogP contribution in [0.1, 0.15) is 128 Å². The Hall–Kier alpha value is -15.9. The molecule has 56 heteroatoms. The molecule has 3 aromatic carbocycles. The minimum absolute atomic E-state index is 0.0115. The van der Waals surface area contributed by atoms with Crippen LogP contribution >= 0.6 is 12.6 Å². The highest BCUT2D eigenvalue weighted by molar-refractivity contribution is 7.80. The number of primary amides is 2. The van der Waals surface area contributed by atoms with Gasteiger partial charge in [-0.2, -0.15) is 12.6 Å². The summed E-state index contributed by atoms with van der Waals surface area (Å²) >= 11 is 4.15. The van der Waals surface area contributed by atoms with Gasteiger partial charge in [0.2, 0.25) is 112 Å². The van der Waals surface area contributed by atoms with Crippen molar-refractivity contribution in [3.8, 4) is 11.5 Å². The number of imidazole rings is 1. The van der Waals surface area contributed by atoms with Crippen LogP contribution in [0.4, 0.5) is 0 Å². The molecule has 145 heavy (non-hydrogen) atoms. The number of carbonyl (C=O) groups excluding carboxylic acids is 19. The third-order valence-corrected chi connectivity index (χ3v) is 22.5. The topological polar surface area (TPSA) is 906 Å². The number of amides is 19. The molecule has 0 unspecified atom stereocenters. The first kappa shape index (κ1) is 120. The number of aliphatic hydroxyl groups excluding tert-OH is 2. The van der Waals surface area contributed by atoms with Crippen LogP contribution in [0.2, 0.25) is 0 Å². The van der Waals surface area contributed by atoms with Gasteiger partial charge in [0.05, 0.1) is 51.0 Å². The number of carboxylic acid groups (broad SMARTS) is 2. The number of aliphatic carboxylic acids is 2. The standard InChI is InChI=1S/C89H130N28O27S/c1-43(2)30-56(108-80(136)59(31-47-12-7-6-8-13-47)112-84(140)65-16-11-29-117(65)86(142)63(40-118)114-73(129)44(3)103-74(130)53(90)14-9-27-98-88(93)94)78(134)106-55(25-26-70(126)127)77(133)104-45(4)72(128)107-60(34-50-37-97-42-102-50)76(132)101-38-68(124)105-54(15-10-28-99-89(95)96)75(131)100-39-69(125)116-71(46(5)119)85(141)115-64(41-145)83(139)111-61(35-66(91)122)82(138)110-57(32-48-17-21-51(120)22-18-48)79(135)109-58(33-49-19-23-52(121)24-20-49)81(137)113-62(87(143)144)36-67(92)123/h6-8,12-13,17-24,37,42-46,53-65,71,118-121,145H,9-11,14-16,25-36,38-41,90H2,1-5H3,(H2,91,122)(H2,92,123)(H,97,102)(H,100,131)(H,101,132)(H,103,130)(H,104,133)(H,105,124)(H,106,134)(H,107,128)(H,108,136)(H,109,135)(H,110,138)(H,111,139)(H,112,140)(H,113,137)(H,114,129)(H,115,141)(H,116,125)(H,126,127)(H,143,144)(H4,93,94,98)(H4,95,96,99)/t44-,45-,46+,53-,54-,55-,56-,57-,58-,59-,60-,61-,62-,63-,64-,65-,71-/m0/s1. The second-order valence-corrected chi connectivity index (χ2v) is 34.9. The Morgan fingerprint density at radius 3 is 1.37 bits per heavy atom. The zero-order valence-corrected chi connectivity index (χ0v) is 81.0. The number of benzene rings is 3. The number of phenolic OH excluding ortho intramolecular Hbond substituents is 2. The number of aromatic amines is 1. The van der Waals surface area contributed by atoms with E-state index in [0.29, 0.717) is 17.5 Å². The number of rotatable bonds is 62. The highest BCUT2D eigenvalue weighted by Gasteiger charge is 2.43. The lowest BCUT2D eigenvalue weighted by molar-refractivity contribution is -0.143. The van der Waals surface area contributed by atoms with Gasteiger partial charge in [0.15, 0.2) is 11.9 Å². The van der Waals surface area contributed by atoms with E-state index in [1.54, 1.807) is 44.2 Å². The van der Waals surface area contributed by atoms with Gasteiger partial charge in [-0.05, 0) is 119 Å². The average Bonchev–Trinajstić information content (AvgIpc) is 1.70. The van der Waals surface area contributed by atoms with E-state index in [2.05, 4.69) is 118 Å². The molecule has 1 aromatic heterocycles. The quantitative estimate of drug-likeness (QED) is 0.00845. The lowest BCUT2D eigenvalue weighted by Crippen LogP contribution is -2.61. The Labute approximate surface area is 836 Å². The molecule has 0 saturated carbocycles. The van der Waals surface area contributed by atoms with E-state index in [0.717, 1.165) is 18.7 Å². The third kappa shape index (κ3) is 42.8. The number of nitrogens with zero attached hydrogens (tertiary/aromatic N) is 2. The molecule has 0 aliphatic carbocycles. The van der Waals surface area contributed by atoms with Gasteiger partial charge >= 0.3 is 11.9 Å². The summed E-state index contributed by atoms with van der Waals surface area (Å²) in [6.45, 7) is 4.18. The van der Waals surface area contributed by atoms with E-state index < -0.39 is 297 Å². The Morgan fingerprint density at radius 1 is 0.462 bits per heavy atom. The second kappa shape index (κ2) is 60.4. The number of thiol groups is 1. The summed E-state index contributed by atoms with van der Waals surface area (Å²) in [5.74, 6) is -25.6. The molecule has 19 amide bonds. The van der Waals surface area contributed by atoms with Gasteiger partial charge in [0, 0.05) is 69.4 Å². The van der Waals surface area contributed by atoms with Crippen LogP contribution in [-0.2, 0) is 126 Å². The number of hydrogen-bond donors (Lipinski definition) is 33. The van der Waals surface area contributed by atoms with E-state index in [1.807, 2.05) is 0 Å². The minimum atomic E-state index is -1.99. The average molecular weight is 2060 g/mol. The van der Waals surface area contributed by atoms with Gasteiger partial charge in [-0.1, -0.05) is 68.4 Å². The smallest absolute Gasteiger partial charge is 0.326 e. The number of nitrogens with one attached hydrogen (secondary N) is 21. The molecular weight excluding hydrogens is 1930 g/mol. The van der Waals surface area contributed by atoms with Crippen molar-refractivity contribution in [2.75, 3.05) is 45.1 Å². The first-order chi connectivity index (χ1) is 68.4. The number of aliphatic hydroxyl groups is 2. The summed E-state index contributed by atoms with van der Waals surface area (Å²) in [5.41, 5.74) is 28.7. The lowest BCUT2D eigenvalue weighted by Gasteiger charge is -2.30. The van der Waals surface area contributed by atoms with Gasteiger partial charge in [0.25, 0.3) is 0 Å². The maximum absolute atomic E-state index is 14.7. The van der Waals surface area contributed by atoms with Crippen molar-refractivity contribution in [2.24, 2.45) is 34.6 Å². The molecule has 55 nitrogen and oxygen atoms in total. The van der Waals surface area contributed by atoms with Crippen LogP contribution in [0.5, 0.6) is 11.5 Å². The second-order valence-electron chi connectivity index (χ2n) is 34.5. The summed E-state index contributed by atoms with van der Waals surface area (Å²) in [6.07, 6.45) is -3.51. The van der Waals surface area contributed by atoms with Gasteiger partial charge < -0.3 is 165 Å². The predicted molar refractivity (Wildman–Crippen MR) is 516 cm³/mol. The first-order valence-electron chi connectivity index (χ1n) is 45.9. The van der Waals surface area contributed by atoms with Crippen LogP contribution in [0, 0.1) is 16.7 Å². The van der Waals surface area contributed by atoms with Gasteiger partial charge in [-0.15, -0.1) is 0 Å². The molecule has 0 bridgehead atoms. The zero-order chi connectivity index (χ0) is 108. The monoisotopic (exact) mass is 2050 g/mol. The Balaban J connectivity index is 1.25. The SMILES string of the molecule is CC(C)C[C@H](NC(=O)[C@H](Cc1ccccc1)NC(=O)[C@@H]1CCCN1C(=O)[C@H](CO)NC(=O)[C@H](C)NC(=O)[C@@H](N)CCCNC(=N)N)C(=O)N[C@@H](CCC(=O)O)C(=O)N[C@@H](C)C(=O)N[C@@H](Cc1cnc[nH]1)C(=O)NCC(=O)N[C@@H](CCCNC(=N)N)C(=O)NCC(=O)N[C@H](C(=O)N[C@@H](CS)C(=O)N[C@@H](CC(N)=O)C(=O)N[C@@H](Cc1ccc(O)cc1)C(=O)N[C@@H](Cc1ccc(O)cc1)C(=O)N[C@@H](CC(N)=O)C(=O)O)[C@@H](C)O. The summed E-state index contributed by atoms with van der Waals surface area (Å²) in [6, 6.07) is -7.26. The minimum Gasteiger partial charge on any atom is -0.508 e. The van der Waals surface area contributed by atoms with Gasteiger partial charge in [-0.25, -0.2) is 9.78 Å². The molecule has 794 valence electrons. The van der Waals surface area contributed by atoms with E-state index in [4.69, 9.17) is 39.5 Å². The highest BCUT2D eigenvalue weighted by atomic mass is 32.1. The molecule has 37 N–H and O–H groups in total. The van der Waals surface area contributed by atoms with E-state index in [-0.39, 0.29) is 106 Å². The fraction of sp³-hybridized carbons (Fsp3) is 0.506. The van der Waals surface area contributed by atoms with E-state index >= 15 is 0 Å². The van der Waals surface area contributed by atoms with Crippen LogP contribution in [0.3, 0.4) is 0 Å². The molecule has 1 saturated heterocycles. The third-order valence-electron chi connectivity index (χ3n) is 22.1. The summed E-state index contributed by atoms with van der Waals surface area (Å²) < 4.78 is 0. The number of carbonyl (C=O) groups is 21. The Bertz CT molecular complexity index is 5180. The number of phenols is 2. The van der Waals surface area contributed by atoms with Crippen molar-refractivity contribution in [3.05, 3.63) is 114 Å². The molecule has 1 fully saturated rings. The molecule has 17 atom stereocenters. The van der Waals surface area contributed by atoms with Crippen molar-refractivity contribution in [1.29, 1.82) is 10.8 Å². The molecule has 1 aliphatic rings. The molecule has 5 rings (SSSR count). The predicted octanol–water partition coefficient (Wildman–Crippen LogP) is -11.0. The van der Waals surface area contributed by atoms with Crippen molar-refractivity contribution < 1.29 is 131 Å². The largest absolute Gasteiger partial charge is 0.508 e. The summed E-state index contributed by atoms with van der Waals surface area (Å²) in [7, 11) is 0. The van der Waals surface area contributed by atoms with Crippen molar-refractivity contribution in [3.63, 3.8) is 0 Å². The fourth-order valence-corrected chi connectivity index (χ4v) is 14.7. The maximum Gasteiger partial charge on any atom is 0.326 e. The van der Waals surface area contributed by atoms with Crippen LogP contribution in [0.15, 0.2) is 91.4 Å². The summed E-state index contributed by atoms with van der Waals surface area (Å²) in [4.78, 5) is 295. The Morgan fingerprint density at radius 2 is 0.883 bits per heavy atom. The number of guanidine groups is 2. The molecule has 0 radical (unpaired) electrons. The number of hydrogen-bond acceptors (Lipinski definition) is 30. The van der Waals surface area contributed by atoms with E-state index in [9.17, 15) is 131 Å². The van der Waals surface area contributed by atoms with Crippen molar-refractivity contribution in [2.45, 2.75) is 234 Å². The number of likely N-dealkylation sites (tertiary alicyclic amines) is 1. The number of aromatic nitrogens is 2. The maximum atomic E-state index is 14.7. The van der Waals surface area contributed by atoms with Crippen LogP contribution in [-0.4, -0.2) is 329 Å². The summed E-state index contributed by atoms with van der Waals surface area (Å²) in [5, 5.41) is 119. The number of nitrogens with two attached hydrogens (primary N) is 5. The van der Waals surface area contributed by atoms with Crippen molar-refractivity contribution in [1.82, 2.24) is 111 Å². The van der Waals surface area contributed by atoms with Gasteiger partial charge in [-0.3, -0.25) is 107 Å². The fourth-order valence-electron chi connectivity index (χ4n) is 14.4. The molecular formula is C89H130N28O27S. The number of H-pyrrole nitrogens is 1. The normalized spacial score (nSPS) is 15.4. The lowest BCUT2D eigenvalue weighted by atomic mass is 10.00. The Kier molecular flexibility index (Phi) is 49.8. The zero-order valence-electron chi connectivity index (χ0n) is 80.1. The van der Waals surface area contributed by atoms with Crippen LogP contribution in [0.25, 0.3) is 0 Å². The highest BCUT2D eigenvalue weighted by Crippen LogP contribution is 2.22. The molecule has 2 heterocycles. The molecule has 4 aromatic rings. The number of carboxylic acids is 2. The van der Waals surface area contributed by atoms with E-state index in [1.165, 1.54) is 68.0 Å². The van der Waals surface area contributed by atoms with Crippen LogP contribution < -0.4 is 124 Å². The van der Waals surface area contributed by atoms with Gasteiger partial charge in [0.1, 0.15) is 102 Å². The number of aromatic hydroxyl groups is 2. The first-order valence-corrected chi connectivity index (χ1v) is 46.6. The molecule has 0 spiro atoms. The molecule has 1 aliphatic heterocycles.